The highest BCUT2D eigenvalue weighted by Gasteiger charge is 2.26. The smallest absolute Gasteiger partial charge is 0.255 e. The summed E-state index contributed by atoms with van der Waals surface area (Å²) in [6.45, 7) is 4.20. The van der Waals surface area contributed by atoms with Gasteiger partial charge in [-0.25, -0.2) is 0 Å². The molecule has 0 atom stereocenters. The molecule has 4 nitrogen and oxygen atoms in total. The van der Waals surface area contributed by atoms with Crippen LogP contribution in [0.15, 0.2) is 47.4 Å². The molecule has 0 radical (unpaired) electrons. The molecule has 1 aromatic carbocycles. The van der Waals surface area contributed by atoms with Gasteiger partial charge in [0.2, 0.25) is 0 Å². The van der Waals surface area contributed by atoms with Crippen LogP contribution in [0, 0.1) is 16.7 Å². The minimum absolute atomic E-state index is 0.0295. The number of allylic oxidation sites excluding steroid dienone is 1. The Bertz CT molecular complexity index is 883. The minimum Gasteiger partial charge on any atom is -0.506 e. The molecule has 4 heteroatoms. The van der Waals surface area contributed by atoms with Crippen LogP contribution < -0.4 is 5.56 Å². The Morgan fingerprint density at radius 2 is 2.05 bits per heavy atom. The monoisotopic (exact) mass is 292 g/mol. The Labute approximate surface area is 128 Å². The second-order valence-electron chi connectivity index (χ2n) is 6.27. The molecule has 0 saturated heterocycles. The van der Waals surface area contributed by atoms with E-state index in [-0.39, 0.29) is 16.7 Å². The Kier molecular flexibility index (Phi) is 3.14. The normalized spacial score (nSPS) is 15.6. The summed E-state index contributed by atoms with van der Waals surface area (Å²) in [6.07, 6.45) is 4.28. The van der Waals surface area contributed by atoms with E-state index in [1.54, 1.807) is 12.1 Å². The predicted octanol–water partition coefficient (Wildman–Crippen LogP) is 2.90. The van der Waals surface area contributed by atoms with Crippen LogP contribution in [-0.4, -0.2) is 9.67 Å². The van der Waals surface area contributed by atoms with Crippen molar-refractivity contribution in [2.75, 3.05) is 0 Å². The van der Waals surface area contributed by atoms with Gasteiger partial charge in [0.25, 0.3) is 5.56 Å². The van der Waals surface area contributed by atoms with Crippen molar-refractivity contribution in [3.63, 3.8) is 0 Å². The van der Waals surface area contributed by atoms with Crippen LogP contribution in [0.3, 0.4) is 0 Å². The Hall–Kier alpha value is -2.80. The maximum atomic E-state index is 12.2. The number of fused-ring (bicyclic) bond motifs is 1. The molecule has 0 aliphatic heterocycles. The highest BCUT2D eigenvalue weighted by molar-refractivity contribution is 5.72. The second-order valence-corrected chi connectivity index (χ2v) is 6.27. The summed E-state index contributed by atoms with van der Waals surface area (Å²) in [5, 5.41) is 18.8. The Balaban J connectivity index is 2.30. The molecule has 1 aliphatic rings. The van der Waals surface area contributed by atoms with Gasteiger partial charge in [-0.15, -0.1) is 0 Å². The van der Waals surface area contributed by atoms with E-state index in [2.05, 4.69) is 19.9 Å². The van der Waals surface area contributed by atoms with E-state index in [1.165, 1.54) is 22.9 Å². The van der Waals surface area contributed by atoms with Crippen molar-refractivity contribution >= 4 is 5.70 Å². The molecule has 3 rings (SSSR count). The molecule has 1 heterocycles. The van der Waals surface area contributed by atoms with Gasteiger partial charge in [-0.3, -0.25) is 9.36 Å². The number of nitrogens with zero attached hydrogens (tertiary/aromatic N) is 2. The lowest BCUT2D eigenvalue weighted by molar-refractivity contribution is 0.464. The quantitative estimate of drug-likeness (QED) is 0.879. The molecule has 110 valence electrons. The van der Waals surface area contributed by atoms with Gasteiger partial charge in [-0.05, 0) is 35.6 Å². The summed E-state index contributed by atoms with van der Waals surface area (Å²) in [6, 6.07) is 10.4. The average Bonchev–Trinajstić information content (AvgIpc) is 2.47. The van der Waals surface area contributed by atoms with Crippen LogP contribution >= 0.6 is 0 Å². The summed E-state index contributed by atoms with van der Waals surface area (Å²) >= 11 is 0. The summed E-state index contributed by atoms with van der Waals surface area (Å²) < 4.78 is 1.44. The van der Waals surface area contributed by atoms with E-state index in [4.69, 9.17) is 5.26 Å². The van der Waals surface area contributed by atoms with Crippen molar-refractivity contribution in [1.29, 1.82) is 5.26 Å². The molecule has 1 N–H and O–H groups in total. The zero-order valence-corrected chi connectivity index (χ0v) is 12.5. The maximum absolute atomic E-state index is 12.2. The van der Waals surface area contributed by atoms with Crippen LogP contribution in [0.25, 0.3) is 5.70 Å². The van der Waals surface area contributed by atoms with Gasteiger partial charge < -0.3 is 5.11 Å². The van der Waals surface area contributed by atoms with Crippen molar-refractivity contribution < 1.29 is 5.11 Å². The second kappa shape index (κ2) is 4.88. The number of hydrogen-bond donors (Lipinski definition) is 1. The molecule has 0 saturated carbocycles. The number of nitriles is 1. The lowest BCUT2D eigenvalue weighted by atomic mass is 9.77. The molecule has 2 aromatic rings. The third-order valence-electron chi connectivity index (χ3n) is 3.84. The highest BCUT2D eigenvalue weighted by Crippen LogP contribution is 2.37. The fourth-order valence-corrected chi connectivity index (χ4v) is 2.89. The van der Waals surface area contributed by atoms with Crippen LogP contribution in [0.1, 0.15) is 30.5 Å². The molecule has 1 aromatic heterocycles. The van der Waals surface area contributed by atoms with Gasteiger partial charge in [-0.2, -0.15) is 5.26 Å². The van der Waals surface area contributed by atoms with E-state index in [9.17, 15) is 9.90 Å². The first-order valence-electron chi connectivity index (χ1n) is 7.08. The number of hydrogen-bond acceptors (Lipinski definition) is 3. The summed E-state index contributed by atoms with van der Waals surface area (Å²) in [7, 11) is 0. The van der Waals surface area contributed by atoms with Gasteiger partial charge in [0.05, 0.1) is 23.5 Å². The summed E-state index contributed by atoms with van der Waals surface area (Å²) in [4.78, 5) is 12.2. The minimum atomic E-state index is -0.213. The highest BCUT2D eigenvalue weighted by atomic mass is 16.3. The van der Waals surface area contributed by atoms with E-state index < -0.39 is 0 Å². The van der Waals surface area contributed by atoms with Gasteiger partial charge >= 0.3 is 0 Å². The first-order valence-corrected chi connectivity index (χ1v) is 7.08. The Morgan fingerprint density at radius 1 is 1.27 bits per heavy atom. The number of aromatic nitrogens is 1. The molecule has 22 heavy (non-hydrogen) atoms. The van der Waals surface area contributed by atoms with Gasteiger partial charge in [0, 0.05) is 11.6 Å². The molecule has 0 unspecified atom stereocenters. The van der Waals surface area contributed by atoms with Crippen LogP contribution in [0.4, 0.5) is 0 Å². The Morgan fingerprint density at radius 3 is 2.77 bits per heavy atom. The third-order valence-corrected chi connectivity index (χ3v) is 3.84. The standard InChI is InChI=1S/C18H16N2O2/c1-18(2)8-13-4-3-12(10-19)7-15(13)16(9-18)20-11-14(21)5-6-17(20)22/h3-7,9,11,21H,8H2,1-2H3. The zero-order valence-electron chi connectivity index (χ0n) is 12.5. The van der Waals surface area contributed by atoms with E-state index >= 15 is 0 Å². The molecular weight excluding hydrogens is 276 g/mol. The van der Waals surface area contributed by atoms with Crippen molar-refractivity contribution in [3.8, 4) is 11.8 Å². The van der Waals surface area contributed by atoms with E-state index in [0.717, 1.165) is 17.5 Å². The van der Waals surface area contributed by atoms with Crippen molar-refractivity contribution in [3.05, 3.63) is 69.6 Å². The predicted molar refractivity (Wildman–Crippen MR) is 84.4 cm³/mol. The van der Waals surface area contributed by atoms with Crippen molar-refractivity contribution in [2.24, 2.45) is 5.41 Å². The molecule has 0 fully saturated rings. The molecule has 0 amide bonds. The van der Waals surface area contributed by atoms with Crippen LogP contribution in [0.2, 0.25) is 0 Å². The van der Waals surface area contributed by atoms with E-state index in [1.807, 2.05) is 12.1 Å². The lowest BCUT2D eigenvalue weighted by Gasteiger charge is -2.30. The van der Waals surface area contributed by atoms with Crippen LogP contribution in [-0.2, 0) is 6.42 Å². The van der Waals surface area contributed by atoms with E-state index in [0.29, 0.717) is 11.3 Å². The molecule has 0 spiro atoms. The number of rotatable bonds is 1. The first-order chi connectivity index (χ1) is 10.4. The van der Waals surface area contributed by atoms with Crippen LogP contribution in [0.5, 0.6) is 5.75 Å². The summed E-state index contributed by atoms with van der Waals surface area (Å²) in [5.74, 6) is 0.0295. The van der Waals surface area contributed by atoms with Gasteiger partial charge in [-0.1, -0.05) is 26.0 Å². The molecule has 1 aliphatic carbocycles. The first kappa shape index (κ1) is 14.2. The average molecular weight is 292 g/mol. The SMILES string of the molecule is CC1(C)C=C(n2cc(O)ccc2=O)c2cc(C#N)ccc2C1. The van der Waals surface area contributed by atoms with Crippen molar-refractivity contribution in [1.82, 2.24) is 4.57 Å². The fraction of sp³-hybridized carbons (Fsp3) is 0.222. The molecular formula is C18H16N2O2. The summed E-state index contributed by atoms with van der Waals surface area (Å²) in [5.41, 5.74) is 2.90. The lowest BCUT2D eigenvalue weighted by Crippen LogP contribution is -2.25. The fourth-order valence-electron chi connectivity index (χ4n) is 2.89. The number of pyridine rings is 1. The number of benzene rings is 1. The topological polar surface area (TPSA) is 66.0 Å². The van der Waals surface area contributed by atoms with Gasteiger partial charge in [0.1, 0.15) is 5.75 Å². The number of aromatic hydroxyl groups is 1. The molecule has 0 bridgehead atoms. The zero-order chi connectivity index (χ0) is 15.9. The maximum Gasteiger partial charge on any atom is 0.255 e. The largest absolute Gasteiger partial charge is 0.506 e. The third kappa shape index (κ3) is 2.42. The van der Waals surface area contributed by atoms with Gasteiger partial charge in [0.15, 0.2) is 0 Å². The van der Waals surface area contributed by atoms with Crippen molar-refractivity contribution in [2.45, 2.75) is 20.3 Å².